The lowest BCUT2D eigenvalue weighted by Crippen LogP contribution is -2.09. The Kier molecular flexibility index (Phi) is 5.45. The van der Waals surface area contributed by atoms with E-state index in [4.69, 9.17) is 0 Å². The highest BCUT2D eigenvalue weighted by molar-refractivity contribution is 9.10. The minimum atomic E-state index is -2.68. The number of nitrogens with zero attached hydrogens (tertiary/aromatic N) is 1. The lowest BCUT2D eigenvalue weighted by Gasteiger charge is -2.10. The molecule has 0 aromatic carbocycles. The fraction of sp³-hybridized carbons (Fsp3) is 0.400. The largest absolute Gasteiger partial charge is 0.469 e. The smallest absolute Gasteiger partial charge is 0.311 e. The molecular weight excluding hydrogens is 364 g/mol. The highest BCUT2D eigenvalue weighted by atomic mass is 79.9. The van der Waals surface area contributed by atoms with Gasteiger partial charge in [-0.2, -0.15) is 0 Å². The van der Waals surface area contributed by atoms with Crippen molar-refractivity contribution in [1.82, 2.24) is 4.98 Å². The molecule has 1 aromatic heterocycles. The van der Waals surface area contributed by atoms with Gasteiger partial charge in [0.05, 0.1) is 19.2 Å². The van der Waals surface area contributed by atoms with Crippen molar-refractivity contribution in [2.24, 2.45) is 0 Å². The van der Waals surface area contributed by atoms with E-state index in [-0.39, 0.29) is 23.1 Å². The number of aromatic nitrogens is 1. The Morgan fingerprint density at radius 2 is 2.24 bits per heavy atom. The van der Waals surface area contributed by atoms with Crippen molar-refractivity contribution < 1.29 is 18.3 Å². The van der Waals surface area contributed by atoms with Crippen molar-refractivity contribution in [2.45, 2.75) is 18.2 Å². The molecule has 1 heterocycles. The Hall–Kier alpha value is -0.560. The SMILES string of the molecule is COC(=O)Cc1cc(Br)c(CBr)c(C(F)F)n1. The molecule has 0 fully saturated rings. The molecule has 0 radical (unpaired) electrons. The molecule has 0 unspecified atom stereocenters. The molecular formula is C10H9Br2F2NO2. The van der Waals surface area contributed by atoms with Gasteiger partial charge in [0.1, 0.15) is 5.69 Å². The third-order valence-corrected chi connectivity index (χ3v) is 3.32. The number of pyridine rings is 1. The van der Waals surface area contributed by atoms with E-state index in [0.29, 0.717) is 10.0 Å². The van der Waals surface area contributed by atoms with Crippen LogP contribution in [0.1, 0.15) is 23.4 Å². The molecule has 1 rings (SSSR count). The van der Waals surface area contributed by atoms with E-state index in [1.165, 1.54) is 7.11 Å². The minimum Gasteiger partial charge on any atom is -0.469 e. The van der Waals surface area contributed by atoms with Crippen LogP contribution in [0.3, 0.4) is 0 Å². The van der Waals surface area contributed by atoms with Crippen molar-refractivity contribution >= 4 is 37.8 Å². The molecule has 0 atom stereocenters. The third kappa shape index (κ3) is 3.70. The maximum atomic E-state index is 12.8. The van der Waals surface area contributed by atoms with Gasteiger partial charge in [0.25, 0.3) is 6.43 Å². The van der Waals surface area contributed by atoms with Gasteiger partial charge in [-0.3, -0.25) is 9.78 Å². The van der Waals surface area contributed by atoms with Gasteiger partial charge in [0.2, 0.25) is 0 Å². The second-order valence-electron chi connectivity index (χ2n) is 3.15. The van der Waals surface area contributed by atoms with Crippen LogP contribution in [0.2, 0.25) is 0 Å². The summed E-state index contributed by atoms with van der Waals surface area (Å²) in [4.78, 5) is 14.8. The summed E-state index contributed by atoms with van der Waals surface area (Å²) in [5.41, 5.74) is 0.312. The maximum Gasteiger partial charge on any atom is 0.311 e. The van der Waals surface area contributed by atoms with E-state index in [0.717, 1.165) is 0 Å². The summed E-state index contributed by atoms with van der Waals surface area (Å²) in [6.07, 6.45) is -2.81. The van der Waals surface area contributed by atoms with Crippen molar-refractivity contribution in [3.63, 3.8) is 0 Å². The first-order valence-corrected chi connectivity index (χ1v) is 6.50. The Bertz CT molecular complexity index is 427. The van der Waals surface area contributed by atoms with Crippen LogP contribution in [0.25, 0.3) is 0 Å². The lowest BCUT2D eigenvalue weighted by molar-refractivity contribution is -0.139. The lowest BCUT2D eigenvalue weighted by atomic mass is 10.1. The van der Waals surface area contributed by atoms with Gasteiger partial charge in [0.15, 0.2) is 0 Å². The van der Waals surface area contributed by atoms with Crippen LogP contribution in [-0.4, -0.2) is 18.1 Å². The number of rotatable bonds is 4. The molecule has 94 valence electrons. The van der Waals surface area contributed by atoms with Gasteiger partial charge in [-0.15, -0.1) is 0 Å². The minimum absolute atomic E-state index is 0.128. The molecule has 0 N–H and O–H groups in total. The van der Waals surface area contributed by atoms with Gasteiger partial charge in [-0.1, -0.05) is 31.9 Å². The number of esters is 1. The number of carbonyl (C=O) groups excluding carboxylic acids is 1. The second-order valence-corrected chi connectivity index (χ2v) is 4.56. The van der Waals surface area contributed by atoms with Crippen LogP contribution in [0.15, 0.2) is 10.5 Å². The number of carbonyl (C=O) groups is 1. The number of methoxy groups -OCH3 is 1. The van der Waals surface area contributed by atoms with Crippen LogP contribution in [0.5, 0.6) is 0 Å². The van der Waals surface area contributed by atoms with Gasteiger partial charge >= 0.3 is 5.97 Å². The molecule has 0 saturated heterocycles. The van der Waals surface area contributed by atoms with Crippen molar-refractivity contribution in [3.05, 3.63) is 27.5 Å². The Balaban J connectivity index is 3.15. The quantitative estimate of drug-likeness (QED) is 0.600. The molecule has 0 saturated carbocycles. The normalized spacial score (nSPS) is 10.7. The molecule has 17 heavy (non-hydrogen) atoms. The zero-order valence-corrected chi connectivity index (χ0v) is 12.0. The van der Waals surface area contributed by atoms with E-state index in [9.17, 15) is 13.6 Å². The Morgan fingerprint density at radius 1 is 1.59 bits per heavy atom. The fourth-order valence-electron chi connectivity index (χ4n) is 1.23. The van der Waals surface area contributed by atoms with E-state index in [1.807, 2.05) is 0 Å². The van der Waals surface area contributed by atoms with Crippen LogP contribution >= 0.6 is 31.9 Å². The summed E-state index contributed by atoms with van der Waals surface area (Å²) in [5.74, 6) is -0.517. The van der Waals surface area contributed by atoms with Gasteiger partial charge in [0, 0.05) is 15.4 Å². The first-order chi connectivity index (χ1) is 7.99. The maximum absolute atomic E-state index is 12.8. The van der Waals surface area contributed by atoms with E-state index >= 15 is 0 Å². The van der Waals surface area contributed by atoms with E-state index in [1.54, 1.807) is 6.07 Å². The number of hydrogen-bond acceptors (Lipinski definition) is 3. The van der Waals surface area contributed by atoms with Crippen LogP contribution in [0, 0.1) is 0 Å². The molecule has 0 amide bonds. The average molecular weight is 373 g/mol. The molecule has 7 heteroatoms. The summed E-state index contributed by atoms with van der Waals surface area (Å²) in [5, 5.41) is 0.263. The molecule has 0 aliphatic carbocycles. The molecule has 0 spiro atoms. The highest BCUT2D eigenvalue weighted by Gasteiger charge is 2.19. The van der Waals surface area contributed by atoms with Crippen LogP contribution < -0.4 is 0 Å². The Labute approximate surface area is 114 Å². The van der Waals surface area contributed by atoms with Crippen molar-refractivity contribution in [2.75, 3.05) is 7.11 Å². The van der Waals surface area contributed by atoms with Crippen molar-refractivity contribution in [1.29, 1.82) is 0 Å². The second kappa shape index (κ2) is 6.39. The summed E-state index contributed by atoms with van der Waals surface area (Å²) in [6.45, 7) is 0. The fourth-order valence-corrected chi connectivity index (χ4v) is 2.81. The van der Waals surface area contributed by atoms with E-state index < -0.39 is 12.4 Å². The molecule has 0 bridgehead atoms. The Morgan fingerprint density at radius 3 is 2.71 bits per heavy atom. The highest BCUT2D eigenvalue weighted by Crippen LogP contribution is 2.29. The zero-order valence-electron chi connectivity index (χ0n) is 8.84. The standard InChI is InChI=1S/C10H9Br2F2NO2/c1-17-8(16)3-5-2-7(12)6(4-11)9(15-5)10(13)14/h2,10H,3-4H2,1H3. The molecule has 0 aliphatic heterocycles. The average Bonchev–Trinajstić information content (AvgIpc) is 2.28. The first kappa shape index (κ1) is 14.5. The molecule has 0 aliphatic rings. The number of ether oxygens (including phenoxy) is 1. The number of halogens is 4. The summed E-state index contributed by atoms with van der Waals surface area (Å²) in [7, 11) is 1.23. The van der Waals surface area contributed by atoms with Gasteiger partial charge in [-0.25, -0.2) is 8.78 Å². The van der Waals surface area contributed by atoms with Crippen molar-refractivity contribution in [3.8, 4) is 0 Å². The van der Waals surface area contributed by atoms with Crippen LogP contribution in [-0.2, 0) is 21.3 Å². The topological polar surface area (TPSA) is 39.2 Å². The number of hydrogen-bond donors (Lipinski definition) is 0. The first-order valence-electron chi connectivity index (χ1n) is 4.58. The van der Waals surface area contributed by atoms with Crippen LogP contribution in [0.4, 0.5) is 8.78 Å². The summed E-state index contributed by atoms with van der Waals surface area (Å²) in [6, 6.07) is 1.54. The third-order valence-electron chi connectivity index (χ3n) is 2.05. The van der Waals surface area contributed by atoms with Gasteiger partial charge < -0.3 is 4.74 Å². The summed E-state index contributed by atoms with van der Waals surface area (Å²) < 4.78 is 30.5. The summed E-state index contributed by atoms with van der Waals surface area (Å²) >= 11 is 6.30. The van der Waals surface area contributed by atoms with Gasteiger partial charge in [-0.05, 0) is 6.07 Å². The predicted octanol–water partition coefficient (Wildman–Crippen LogP) is 3.39. The monoisotopic (exact) mass is 371 g/mol. The number of alkyl halides is 3. The molecule has 3 nitrogen and oxygen atoms in total. The zero-order chi connectivity index (χ0) is 13.0. The predicted molar refractivity (Wildman–Crippen MR) is 65.2 cm³/mol. The van der Waals surface area contributed by atoms with E-state index in [2.05, 4.69) is 41.6 Å². The molecule has 1 aromatic rings.